The van der Waals surface area contributed by atoms with Crippen molar-refractivity contribution in [2.75, 3.05) is 16.8 Å². The predicted molar refractivity (Wildman–Crippen MR) is 99.8 cm³/mol. The number of anilines is 2. The van der Waals surface area contributed by atoms with Gasteiger partial charge < -0.3 is 10.2 Å². The summed E-state index contributed by atoms with van der Waals surface area (Å²) in [5.41, 5.74) is 1.99. The van der Waals surface area contributed by atoms with Crippen LogP contribution in [0, 0.1) is 18.7 Å². The smallest absolute Gasteiger partial charge is 0.229 e. The third kappa shape index (κ3) is 3.17. The number of fused-ring (bicyclic) bond motifs is 1. The lowest BCUT2D eigenvalue weighted by Crippen LogP contribution is -2.28. The van der Waals surface area contributed by atoms with E-state index in [0.717, 1.165) is 20.9 Å². The quantitative estimate of drug-likeness (QED) is 0.765. The van der Waals surface area contributed by atoms with Gasteiger partial charge in [0.2, 0.25) is 11.8 Å². The molecule has 3 aromatic rings. The molecule has 26 heavy (non-hydrogen) atoms. The molecule has 4 rings (SSSR count). The highest BCUT2D eigenvalue weighted by Gasteiger charge is 2.35. The molecule has 0 spiro atoms. The van der Waals surface area contributed by atoms with E-state index < -0.39 is 11.7 Å². The van der Waals surface area contributed by atoms with Crippen molar-refractivity contribution in [2.45, 2.75) is 13.3 Å². The van der Waals surface area contributed by atoms with E-state index in [1.807, 2.05) is 25.1 Å². The first-order valence-corrected chi connectivity index (χ1v) is 9.05. The third-order valence-electron chi connectivity index (χ3n) is 4.38. The van der Waals surface area contributed by atoms with E-state index >= 15 is 0 Å². The number of amides is 2. The van der Waals surface area contributed by atoms with Gasteiger partial charge in [-0.2, -0.15) is 0 Å². The summed E-state index contributed by atoms with van der Waals surface area (Å²) in [5, 5.41) is 3.65. The van der Waals surface area contributed by atoms with Gasteiger partial charge in [0, 0.05) is 24.3 Å². The van der Waals surface area contributed by atoms with E-state index in [0.29, 0.717) is 12.2 Å². The van der Waals surface area contributed by atoms with Crippen molar-refractivity contribution in [3.05, 3.63) is 53.3 Å². The molecule has 1 atom stereocenters. The Morgan fingerprint density at radius 2 is 2.15 bits per heavy atom. The minimum Gasteiger partial charge on any atom is -0.326 e. The number of rotatable bonds is 3. The molecule has 5 nitrogen and oxygen atoms in total. The first-order chi connectivity index (χ1) is 12.5. The largest absolute Gasteiger partial charge is 0.326 e. The number of nitrogens with zero attached hydrogens (tertiary/aromatic N) is 2. The van der Waals surface area contributed by atoms with Crippen LogP contribution in [0.2, 0.25) is 0 Å². The molecule has 2 amide bonds. The van der Waals surface area contributed by atoms with Gasteiger partial charge in [-0.05, 0) is 43.3 Å². The van der Waals surface area contributed by atoms with Crippen molar-refractivity contribution in [1.82, 2.24) is 4.98 Å². The summed E-state index contributed by atoms with van der Waals surface area (Å²) in [5.74, 6) is -1.27. The van der Waals surface area contributed by atoms with Crippen molar-refractivity contribution in [3.63, 3.8) is 0 Å². The normalized spacial score (nSPS) is 17.1. The Kier molecular flexibility index (Phi) is 4.16. The molecule has 0 radical (unpaired) electrons. The Hall–Kier alpha value is -2.80. The van der Waals surface area contributed by atoms with E-state index in [4.69, 9.17) is 0 Å². The van der Waals surface area contributed by atoms with Crippen LogP contribution in [0.4, 0.5) is 15.8 Å². The van der Waals surface area contributed by atoms with Gasteiger partial charge in [0.25, 0.3) is 0 Å². The Bertz CT molecular complexity index is 1020. The molecular weight excluding hydrogens is 353 g/mol. The highest BCUT2D eigenvalue weighted by atomic mass is 32.1. The van der Waals surface area contributed by atoms with Crippen molar-refractivity contribution in [3.8, 4) is 0 Å². The number of thiazole rings is 1. The maximum atomic E-state index is 13.3. The molecule has 2 heterocycles. The number of benzene rings is 2. The molecule has 1 fully saturated rings. The van der Waals surface area contributed by atoms with Gasteiger partial charge in [-0.1, -0.05) is 6.07 Å². The summed E-state index contributed by atoms with van der Waals surface area (Å²) < 4.78 is 14.3. The molecule has 1 saturated heterocycles. The first kappa shape index (κ1) is 16.7. The van der Waals surface area contributed by atoms with Crippen molar-refractivity contribution in [2.24, 2.45) is 5.92 Å². The number of carbonyl (C=O) groups is 2. The fraction of sp³-hybridized carbons (Fsp3) is 0.211. The van der Waals surface area contributed by atoms with Gasteiger partial charge in [0.15, 0.2) is 0 Å². The fourth-order valence-corrected chi connectivity index (χ4v) is 3.95. The van der Waals surface area contributed by atoms with Crippen LogP contribution in [0.25, 0.3) is 10.2 Å². The Morgan fingerprint density at radius 3 is 2.96 bits per heavy atom. The van der Waals surface area contributed by atoms with Gasteiger partial charge in [-0.25, -0.2) is 9.37 Å². The Morgan fingerprint density at radius 1 is 1.31 bits per heavy atom. The maximum absolute atomic E-state index is 13.3. The minimum atomic E-state index is -0.473. The van der Waals surface area contributed by atoms with Crippen LogP contribution in [0.15, 0.2) is 42.5 Å². The second kappa shape index (κ2) is 6.49. The summed E-state index contributed by atoms with van der Waals surface area (Å²) in [6, 6.07) is 11.4. The monoisotopic (exact) mass is 369 g/mol. The van der Waals surface area contributed by atoms with E-state index in [9.17, 15) is 14.0 Å². The topological polar surface area (TPSA) is 62.3 Å². The van der Waals surface area contributed by atoms with Crippen LogP contribution in [0.5, 0.6) is 0 Å². The SMILES string of the molecule is Cc1nc2cc(N3CC(C(=O)Nc4cccc(F)c4)CC3=O)ccc2s1. The zero-order valence-corrected chi connectivity index (χ0v) is 14.8. The zero-order valence-electron chi connectivity index (χ0n) is 14.0. The minimum absolute atomic E-state index is 0.101. The summed E-state index contributed by atoms with van der Waals surface area (Å²) in [6.45, 7) is 2.24. The van der Waals surface area contributed by atoms with Crippen molar-refractivity contribution < 1.29 is 14.0 Å². The Labute approximate surface area is 153 Å². The highest BCUT2D eigenvalue weighted by Crippen LogP contribution is 2.30. The van der Waals surface area contributed by atoms with Crippen molar-refractivity contribution >= 4 is 44.7 Å². The number of nitrogens with one attached hydrogen (secondary N) is 1. The number of hydrogen-bond acceptors (Lipinski definition) is 4. The lowest BCUT2D eigenvalue weighted by atomic mass is 10.1. The fourth-order valence-electron chi connectivity index (χ4n) is 3.14. The summed E-state index contributed by atoms with van der Waals surface area (Å²) in [6.07, 6.45) is 0.134. The van der Waals surface area contributed by atoms with Gasteiger partial charge >= 0.3 is 0 Å². The molecule has 1 aromatic heterocycles. The molecule has 0 aliphatic carbocycles. The summed E-state index contributed by atoms with van der Waals surface area (Å²) in [7, 11) is 0. The average molecular weight is 369 g/mol. The molecule has 1 unspecified atom stereocenters. The van der Waals surface area contributed by atoms with Crippen LogP contribution >= 0.6 is 11.3 Å². The average Bonchev–Trinajstić information content (AvgIpc) is 3.16. The standard InChI is InChI=1S/C19H16FN3O2S/c1-11-21-16-9-15(5-6-17(16)26-11)23-10-12(7-18(23)24)19(25)22-14-4-2-3-13(20)8-14/h2-6,8-9,12H,7,10H2,1H3,(H,22,25). The molecule has 1 N–H and O–H groups in total. The van der Waals surface area contributed by atoms with E-state index in [2.05, 4.69) is 10.3 Å². The van der Waals surface area contributed by atoms with Crippen LogP contribution in [0.1, 0.15) is 11.4 Å². The number of aromatic nitrogens is 1. The van der Waals surface area contributed by atoms with E-state index in [-0.39, 0.29) is 18.2 Å². The summed E-state index contributed by atoms with van der Waals surface area (Å²) >= 11 is 1.60. The van der Waals surface area contributed by atoms with Crippen LogP contribution in [-0.2, 0) is 9.59 Å². The molecule has 1 aliphatic heterocycles. The van der Waals surface area contributed by atoms with E-state index in [1.54, 1.807) is 22.3 Å². The Balaban J connectivity index is 1.51. The predicted octanol–water partition coefficient (Wildman–Crippen LogP) is 3.74. The molecule has 2 aromatic carbocycles. The van der Waals surface area contributed by atoms with Crippen LogP contribution in [0.3, 0.4) is 0 Å². The third-order valence-corrected chi connectivity index (χ3v) is 5.33. The van der Waals surface area contributed by atoms with Crippen LogP contribution < -0.4 is 10.2 Å². The first-order valence-electron chi connectivity index (χ1n) is 8.23. The van der Waals surface area contributed by atoms with Crippen molar-refractivity contribution in [1.29, 1.82) is 0 Å². The van der Waals surface area contributed by atoms with Gasteiger partial charge in [-0.3, -0.25) is 9.59 Å². The molecule has 132 valence electrons. The summed E-state index contributed by atoms with van der Waals surface area (Å²) in [4.78, 5) is 30.9. The molecule has 1 aliphatic rings. The van der Waals surface area contributed by atoms with Gasteiger partial charge in [0.05, 0.1) is 21.1 Å². The number of carbonyl (C=O) groups excluding carboxylic acids is 2. The van der Waals surface area contributed by atoms with Gasteiger partial charge in [-0.15, -0.1) is 11.3 Å². The lowest BCUT2D eigenvalue weighted by molar-refractivity contribution is -0.122. The molecule has 0 saturated carbocycles. The zero-order chi connectivity index (χ0) is 18.3. The molecular formula is C19H16FN3O2S. The van der Waals surface area contributed by atoms with E-state index in [1.165, 1.54) is 18.2 Å². The van der Waals surface area contributed by atoms with Gasteiger partial charge in [0.1, 0.15) is 5.82 Å². The molecule has 0 bridgehead atoms. The number of aryl methyl sites for hydroxylation is 1. The second-order valence-electron chi connectivity index (χ2n) is 6.29. The van der Waals surface area contributed by atoms with Crippen LogP contribution in [-0.4, -0.2) is 23.3 Å². The highest BCUT2D eigenvalue weighted by molar-refractivity contribution is 7.18. The maximum Gasteiger partial charge on any atom is 0.229 e. The molecule has 7 heteroatoms. The lowest BCUT2D eigenvalue weighted by Gasteiger charge is -2.16. The second-order valence-corrected chi connectivity index (χ2v) is 7.52. The number of hydrogen-bond donors (Lipinski definition) is 1. The number of halogens is 1.